The van der Waals surface area contributed by atoms with Gasteiger partial charge in [0.1, 0.15) is 0 Å². The zero-order chi connectivity index (χ0) is 14.9. The van der Waals surface area contributed by atoms with Crippen LogP contribution in [0.3, 0.4) is 0 Å². The first kappa shape index (κ1) is 15.2. The zero-order valence-corrected chi connectivity index (χ0v) is 12.9. The molecule has 0 saturated heterocycles. The van der Waals surface area contributed by atoms with Crippen LogP contribution in [0.5, 0.6) is 0 Å². The minimum absolute atomic E-state index is 0.412. The van der Waals surface area contributed by atoms with Gasteiger partial charge >= 0.3 is 0 Å². The number of pyridine rings is 1. The number of alkyl halides is 2. The quantitative estimate of drug-likeness (QED) is 0.788. The van der Waals surface area contributed by atoms with Crippen LogP contribution in [0.4, 0.5) is 8.78 Å². The van der Waals surface area contributed by atoms with Crippen LogP contribution in [0, 0.1) is 6.92 Å². The van der Waals surface area contributed by atoms with Crippen molar-refractivity contribution < 1.29 is 8.78 Å². The van der Waals surface area contributed by atoms with Gasteiger partial charge in [-0.25, -0.2) is 8.78 Å². The molecule has 2 rings (SSSR count). The van der Waals surface area contributed by atoms with Gasteiger partial charge in [-0.15, -0.1) is 0 Å². The molecule has 1 aromatic carbocycles. The Morgan fingerprint density at radius 2 is 2.00 bits per heavy atom. The number of hydrogen-bond donors (Lipinski definition) is 0. The largest absolute Gasteiger partial charge is 0.302 e. The predicted octanol–water partition coefficient (Wildman–Crippen LogP) is 4.50. The summed E-state index contributed by atoms with van der Waals surface area (Å²) in [5, 5.41) is 0.524. The highest BCUT2D eigenvalue weighted by Crippen LogP contribution is 2.30. The van der Waals surface area contributed by atoms with Crippen LogP contribution >= 0.6 is 27.5 Å². The number of aryl methyl sites for hydroxylation is 1. The van der Waals surface area contributed by atoms with Crippen molar-refractivity contribution in [3.05, 3.63) is 55.7 Å². The van der Waals surface area contributed by atoms with E-state index >= 15 is 0 Å². The second kappa shape index (κ2) is 6.06. The van der Waals surface area contributed by atoms with Crippen LogP contribution < -0.4 is 5.56 Å². The van der Waals surface area contributed by atoms with E-state index in [0.717, 1.165) is 4.57 Å². The van der Waals surface area contributed by atoms with Crippen molar-refractivity contribution in [2.45, 2.75) is 19.9 Å². The van der Waals surface area contributed by atoms with E-state index in [-0.39, 0.29) is 0 Å². The van der Waals surface area contributed by atoms with Gasteiger partial charge in [0, 0.05) is 20.6 Å². The molecule has 1 aromatic heterocycles. The molecule has 2 nitrogen and oxygen atoms in total. The standard InChI is InChI=1S/C14H11BrClF2NO/c1-8-2-5-12(19(14(8)20)7-13(17)18)10-4-3-9(16)6-11(10)15/h2-6,13H,7H2,1H3. The molecule has 0 N–H and O–H groups in total. The Labute approximate surface area is 128 Å². The fourth-order valence-corrected chi connectivity index (χ4v) is 2.82. The molecule has 0 saturated carbocycles. The van der Waals surface area contributed by atoms with Crippen molar-refractivity contribution in [1.82, 2.24) is 4.57 Å². The number of rotatable bonds is 3. The van der Waals surface area contributed by atoms with Crippen LogP contribution in [-0.4, -0.2) is 11.0 Å². The third kappa shape index (κ3) is 3.10. The van der Waals surface area contributed by atoms with Gasteiger partial charge in [-0.2, -0.15) is 0 Å². The van der Waals surface area contributed by atoms with Gasteiger partial charge in [0.2, 0.25) is 0 Å². The summed E-state index contributed by atoms with van der Waals surface area (Å²) in [5.41, 5.74) is 1.10. The van der Waals surface area contributed by atoms with Gasteiger partial charge in [0.25, 0.3) is 12.0 Å². The smallest absolute Gasteiger partial charge is 0.256 e. The van der Waals surface area contributed by atoms with Gasteiger partial charge in [-0.1, -0.05) is 39.7 Å². The maximum absolute atomic E-state index is 12.7. The molecular weight excluding hydrogens is 352 g/mol. The molecule has 0 aliphatic rings. The van der Waals surface area contributed by atoms with Crippen molar-refractivity contribution in [2.24, 2.45) is 0 Å². The summed E-state index contributed by atoms with van der Waals surface area (Å²) in [7, 11) is 0. The molecule has 0 spiro atoms. The Hall–Kier alpha value is -1.20. The third-order valence-electron chi connectivity index (χ3n) is 2.89. The van der Waals surface area contributed by atoms with Crippen LogP contribution in [0.1, 0.15) is 5.56 Å². The van der Waals surface area contributed by atoms with E-state index in [1.54, 1.807) is 37.3 Å². The molecule has 0 unspecified atom stereocenters. The average Bonchev–Trinajstić information content (AvgIpc) is 2.36. The number of benzene rings is 1. The second-order valence-corrected chi connectivity index (χ2v) is 5.62. The van der Waals surface area contributed by atoms with E-state index in [1.165, 1.54) is 0 Å². The summed E-state index contributed by atoms with van der Waals surface area (Å²) in [6.07, 6.45) is -2.60. The highest BCUT2D eigenvalue weighted by atomic mass is 79.9. The fourth-order valence-electron chi connectivity index (χ4n) is 1.94. The molecule has 0 amide bonds. The summed E-state index contributed by atoms with van der Waals surface area (Å²) in [4.78, 5) is 12.1. The van der Waals surface area contributed by atoms with E-state index in [1.807, 2.05) is 0 Å². The highest BCUT2D eigenvalue weighted by molar-refractivity contribution is 9.10. The van der Waals surface area contributed by atoms with Crippen molar-refractivity contribution in [3.63, 3.8) is 0 Å². The zero-order valence-electron chi connectivity index (χ0n) is 10.5. The Kier molecular flexibility index (Phi) is 4.60. The van der Waals surface area contributed by atoms with Gasteiger partial charge in [0.15, 0.2) is 0 Å². The lowest BCUT2D eigenvalue weighted by atomic mass is 10.1. The van der Waals surface area contributed by atoms with Gasteiger partial charge in [-0.3, -0.25) is 4.79 Å². The molecule has 0 radical (unpaired) electrons. The van der Waals surface area contributed by atoms with Gasteiger partial charge < -0.3 is 4.57 Å². The topological polar surface area (TPSA) is 22.0 Å². The summed E-state index contributed by atoms with van der Waals surface area (Å²) >= 11 is 9.21. The van der Waals surface area contributed by atoms with Crippen LogP contribution in [-0.2, 0) is 6.54 Å². The van der Waals surface area contributed by atoms with E-state index in [2.05, 4.69) is 15.9 Å². The SMILES string of the molecule is Cc1ccc(-c2ccc(Cl)cc2Br)n(CC(F)F)c1=O. The molecule has 6 heteroatoms. The van der Waals surface area contributed by atoms with Crippen LogP contribution in [0.15, 0.2) is 39.6 Å². The molecule has 0 fully saturated rings. The van der Waals surface area contributed by atoms with E-state index in [9.17, 15) is 13.6 Å². The monoisotopic (exact) mass is 361 g/mol. The Morgan fingerprint density at radius 3 is 2.60 bits per heavy atom. The molecule has 20 heavy (non-hydrogen) atoms. The summed E-state index contributed by atoms with van der Waals surface area (Å²) < 4.78 is 27.1. The normalized spacial score (nSPS) is 11.1. The highest BCUT2D eigenvalue weighted by Gasteiger charge is 2.14. The van der Waals surface area contributed by atoms with Crippen molar-refractivity contribution >= 4 is 27.5 Å². The molecular formula is C14H11BrClF2NO. The van der Waals surface area contributed by atoms with Crippen molar-refractivity contribution in [2.75, 3.05) is 0 Å². The summed E-state index contributed by atoms with van der Waals surface area (Å²) in [5.74, 6) is 0. The predicted molar refractivity (Wildman–Crippen MR) is 79.6 cm³/mol. The number of aromatic nitrogens is 1. The second-order valence-electron chi connectivity index (χ2n) is 4.33. The molecule has 0 aliphatic heterocycles. The third-order valence-corrected chi connectivity index (χ3v) is 3.78. The van der Waals surface area contributed by atoms with E-state index in [0.29, 0.717) is 26.3 Å². The molecule has 1 heterocycles. The lowest BCUT2D eigenvalue weighted by Crippen LogP contribution is -2.26. The first-order valence-corrected chi connectivity index (χ1v) is 7.01. The minimum Gasteiger partial charge on any atom is -0.302 e. The molecule has 0 aliphatic carbocycles. The molecule has 2 aromatic rings. The van der Waals surface area contributed by atoms with Gasteiger partial charge in [-0.05, 0) is 25.1 Å². The first-order chi connectivity index (χ1) is 9.40. The average molecular weight is 363 g/mol. The Balaban J connectivity index is 2.67. The molecule has 106 valence electrons. The molecule has 0 bridgehead atoms. The van der Waals surface area contributed by atoms with Crippen molar-refractivity contribution in [3.8, 4) is 11.3 Å². The van der Waals surface area contributed by atoms with E-state index < -0.39 is 18.5 Å². The Bertz CT molecular complexity index is 700. The van der Waals surface area contributed by atoms with Gasteiger partial charge in [0.05, 0.1) is 12.2 Å². The molecule has 0 atom stereocenters. The van der Waals surface area contributed by atoms with E-state index in [4.69, 9.17) is 11.6 Å². The lowest BCUT2D eigenvalue weighted by molar-refractivity contribution is 0.126. The number of halogens is 4. The van der Waals surface area contributed by atoms with Crippen LogP contribution in [0.2, 0.25) is 5.02 Å². The number of nitrogens with zero attached hydrogens (tertiary/aromatic N) is 1. The maximum atomic E-state index is 12.7. The van der Waals surface area contributed by atoms with Crippen molar-refractivity contribution in [1.29, 1.82) is 0 Å². The van der Waals surface area contributed by atoms with Crippen LogP contribution in [0.25, 0.3) is 11.3 Å². The lowest BCUT2D eigenvalue weighted by Gasteiger charge is -2.15. The minimum atomic E-state index is -2.60. The fraction of sp³-hybridized carbons (Fsp3) is 0.214. The maximum Gasteiger partial charge on any atom is 0.256 e. The summed E-state index contributed by atoms with van der Waals surface area (Å²) in [6.45, 7) is 0.968. The Morgan fingerprint density at radius 1 is 1.30 bits per heavy atom. The summed E-state index contributed by atoms with van der Waals surface area (Å²) in [6, 6.07) is 8.29. The first-order valence-electron chi connectivity index (χ1n) is 5.84. The number of hydrogen-bond acceptors (Lipinski definition) is 1.